The molecule has 1 N–H and O–H groups in total. The number of rotatable bonds is 4. The lowest BCUT2D eigenvalue weighted by molar-refractivity contribution is -0.117. The smallest absolute Gasteiger partial charge is 0.238 e. The van der Waals surface area contributed by atoms with E-state index in [-0.39, 0.29) is 5.91 Å². The summed E-state index contributed by atoms with van der Waals surface area (Å²) in [6, 6.07) is 7.24. The third-order valence-electron chi connectivity index (χ3n) is 3.29. The van der Waals surface area contributed by atoms with Gasteiger partial charge in [-0.3, -0.25) is 14.6 Å². The summed E-state index contributed by atoms with van der Waals surface area (Å²) in [5.41, 5.74) is 0.658. The van der Waals surface area contributed by atoms with Crippen molar-refractivity contribution in [2.75, 3.05) is 44.6 Å². The molecular weight excluding hydrogens is 274 g/mol. The fourth-order valence-corrected chi connectivity index (χ4v) is 2.37. The Morgan fingerprint density at radius 1 is 1.25 bits per heavy atom. The molecule has 0 bridgehead atoms. The number of benzene rings is 1. The highest BCUT2D eigenvalue weighted by Crippen LogP contribution is 2.20. The molecule has 106 valence electrons. The first kappa shape index (κ1) is 14.9. The molecule has 1 amide bonds. The number of nitrogens with zero attached hydrogens (tertiary/aromatic N) is 2. The molecule has 1 aromatic carbocycles. The highest BCUT2D eigenvalue weighted by atomic mass is 35.5. The summed E-state index contributed by atoms with van der Waals surface area (Å²) in [6.45, 7) is 4.59. The average molecular weight is 292 g/mol. The van der Waals surface area contributed by atoms with Crippen molar-refractivity contribution in [3.63, 3.8) is 0 Å². The Balaban J connectivity index is 1.79. The Morgan fingerprint density at radius 2 is 1.90 bits per heavy atom. The van der Waals surface area contributed by atoms with Crippen LogP contribution >= 0.6 is 11.6 Å². The van der Waals surface area contributed by atoms with Crippen molar-refractivity contribution in [3.05, 3.63) is 29.3 Å². The highest BCUT2D eigenvalue weighted by molar-refractivity contribution is 6.33. The van der Waals surface area contributed by atoms with Crippen LogP contribution in [-0.4, -0.2) is 55.0 Å². The molecule has 1 aliphatic rings. The monoisotopic (exact) mass is 291 g/mol. The van der Waals surface area contributed by atoms with Crippen LogP contribution < -0.4 is 5.32 Å². The molecule has 4 nitrogen and oxygen atoms in total. The number of carbonyl (C=O) groups is 1. The second-order valence-corrected chi connectivity index (χ2v) is 5.19. The van der Waals surface area contributed by atoms with Gasteiger partial charge in [-0.1, -0.05) is 29.7 Å². The number of terminal acetylenes is 1. The maximum absolute atomic E-state index is 12.0. The van der Waals surface area contributed by atoms with Crippen LogP contribution in [0.25, 0.3) is 0 Å². The topological polar surface area (TPSA) is 35.6 Å². The summed E-state index contributed by atoms with van der Waals surface area (Å²) < 4.78 is 0. The molecule has 0 aliphatic carbocycles. The fraction of sp³-hybridized carbons (Fsp3) is 0.400. The predicted molar refractivity (Wildman–Crippen MR) is 81.8 cm³/mol. The van der Waals surface area contributed by atoms with Crippen molar-refractivity contribution in [1.82, 2.24) is 9.80 Å². The van der Waals surface area contributed by atoms with Gasteiger partial charge in [0.15, 0.2) is 0 Å². The van der Waals surface area contributed by atoms with E-state index in [4.69, 9.17) is 18.0 Å². The lowest BCUT2D eigenvalue weighted by Gasteiger charge is -2.33. The number of anilines is 1. The van der Waals surface area contributed by atoms with E-state index in [0.29, 0.717) is 23.8 Å². The third-order valence-corrected chi connectivity index (χ3v) is 3.62. The first-order valence-electron chi connectivity index (χ1n) is 6.61. The molecule has 5 heteroatoms. The Labute approximate surface area is 124 Å². The van der Waals surface area contributed by atoms with Gasteiger partial charge in [-0.25, -0.2) is 0 Å². The molecule has 0 radical (unpaired) electrons. The Kier molecular flexibility index (Phi) is 5.42. The van der Waals surface area contributed by atoms with Crippen molar-refractivity contribution in [2.45, 2.75) is 0 Å². The van der Waals surface area contributed by atoms with Crippen LogP contribution in [0.1, 0.15) is 0 Å². The van der Waals surface area contributed by atoms with Gasteiger partial charge in [-0.2, -0.15) is 0 Å². The van der Waals surface area contributed by atoms with E-state index in [2.05, 4.69) is 21.0 Å². The zero-order valence-corrected chi connectivity index (χ0v) is 12.1. The summed E-state index contributed by atoms with van der Waals surface area (Å²) in [4.78, 5) is 16.3. The standard InChI is InChI=1S/C15H18ClN3O/c1-2-7-18-8-10-19(11-9-18)12-15(20)17-14-6-4-3-5-13(14)16/h1,3-6H,7-12H2,(H,17,20). The lowest BCUT2D eigenvalue weighted by atomic mass is 10.3. The number of hydrogen-bond donors (Lipinski definition) is 1. The van der Waals surface area contributed by atoms with E-state index in [1.165, 1.54) is 0 Å². The van der Waals surface area contributed by atoms with Crippen LogP contribution in [0.15, 0.2) is 24.3 Å². The maximum Gasteiger partial charge on any atom is 0.238 e. The van der Waals surface area contributed by atoms with E-state index in [1.54, 1.807) is 12.1 Å². The third kappa shape index (κ3) is 4.24. The van der Waals surface area contributed by atoms with E-state index in [9.17, 15) is 4.79 Å². The molecule has 2 rings (SSSR count). The van der Waals surface area contributed by atoms with Crippen LogP contribution in [-0.2, 0) is 4.79 Å². The number of carbonyl (C=O) groups excluding carboxylic acids is 1. The molecule has 20 heavy (non-hydrogen) atoms. The first-order chi connectivity index (χ1) is 9.69. The van der Waals surface area contributed by atoms with Gasteiger partial charge in [0.1, 0.15) is 0 Å². The van der Waals surface area contributed by atoms with Crippen LogP contribution in [0.2, 0.25) is 5.02 Å². The molecule has 1 saturated heterocycles. The van der Waals surface area contributed by atoms with Gasteiger partial charge in [-0.15, -0.1) is 6.42 Å². The molecule has 1 aromatic rings. The molecule has 1 fully saturated rings. The molecule has 0 spiro atoms. The van der Waals surface area contributed by atoms with Crippen molar-refractivity contribution in [3.8, 4) is 12.3 Å². The second kappa shape index (κ2) is 7.30. The van der Waals surface area contributed by atoms with Gasteiger partial charge in [0, 0.05) is 26.2 Å². The van der Waals surface area contributed by atoms with Crippen molar-refractivity contribution in [1.29, 1.82) is 0 Å². The molecule has 1 aliphatic heterocycles. The average Bonchev–Trinajstić information content (AvgIpc) is 2.44. The number of hydrogen-bond acceptors (Lipinski definition) is 3. The Morgan fingerprint density at radius 3 is 2.55 bits per heavy atom. The number of piperazine rings is 1. The Hall–Kier alpha value is -1.54. The van der Waals surface area contributed by atoms with Gasteiger partial charge in [0.2, 0.25) is 5.91 Å². The second-order valence-electron chi connectivity index (χ2n) is 4.78. The van der Waals surface area contributed by atoms with Gasteiger partial charge < -0.3 is 5.32 Å². The van der Waals surface area contributed by atoms with Gasteiger partial charge in [0.05, 0.1) is 23.8 Å². The van der Waals surface area contributed by atoms with Crippen LogP contribution in [0.4, 0.5) is 5.69 Å². The fourth-order valence-electron chi connectivity index (χ4n) is 2.19. The summed E-state index contributed by atoms with van der Waals surface area (Å²) >= 11 is 6.01. The molecule has 0 saturated carbocycles. The highest BCUT2D eigenvalue weighted by Gasteiger charge is 2.18. The van der Waals surface area contributed by atoms with E-state index < -0.39 is 0 Å². The molecule has 0 atom stereocenters. The number of para-hydroxylation sites is 1. The van der Waals surface area contributed by atoms with E-state index >= 15 is 0 Å². The number of amides is 1. The zero-order chi connectivity index (χ0) is 14.4. The maximum atomic E-state index is 12.0. The van der Waals surface area contributed by atoms with E-state index in [0.717, 1.165) is 26.2 Å². The summed E-state index contributed by atoms with van der Waals surface area (Å²) in [6.07, 6.45) is 5.29. The minimum atomic E-state index is -0.0384. The summed E-state index contributed by atoms with van der Waals surface area (Å²) in [5, 5.41) is 3.39. The Bertz CT molecular complexity index is 504. The zero-order valence-electron chi connectivity index (χ0n) is 11.3. The SMILES string of the molecule is C#CCN1CCN(CC(=O)Nc2ccccc2Cl)CC1. The van der Waals surface area contributed by atoms with Crippen molar-refractivity contribution >= 4 is 23.2 Å². The van der Waals surface area contributed by atoms with Crippen molar-refractivity contribution in [2.24, 2.45) is 0 Å². The molecular formula is C15H18ClN3O. The van der Waals surface area contributed by atoms with Gasteiger partial charge in [-0.05, 0) is 12.1 Å². The molecule has 1 heterocycles. The number of nitrogens with one attached hydrogen (secondary N) is 1. The van der Waals surface area contributed by atoms with Crippen LogP contribution in [0.3, 0.4) is 0 Å². The first-order valence-corrected chi connectivity index (χ1v) is 6.99. The summed E-state index contributed by atoms with van der Waals surface area (Å²) in [7, 11) is 0. The predicted octanol–water partition coefficient (Wildman–Crippen LogP) is 1.53. The number of halogens is 1. The molecule has 0 aromatic heterocycles. The van der Waals surface area contributed by atoms with Crippen LogP contribution in [0.5, 0.6) is 0 Å². The van der Waals surface area contributed by atoms with Gasteiger partial charge >= 0.3 is 0 Å². The van der Waals surface area contributed by atoms with Gasteiger partial charge in [0.25, 0.3) is 0 Å². The molecule has 0 unspecified atom stereocenters. The quantitative estimate of drug-likeness (QED) is 0.855. The van der Waals surface area contributed by atoms with Crippen molar-refractivity contribution < 1.29 is 4.79 Å². The van der Waals surface area contributed by atoms with Crippen LogP contribution in [0, 0.1) is 12.3 Å². The normalized spacial score (nSPS) is 16.6. The lowest BCUT2D eigenvalue weighted by Crippen LogP contribution is -2.48. The largest absolute Gasteiger partial charge is 0.324 e. The summed E-state index contributed by atoms with van der Waals surface area (Å²) in [5.74, 6) is 2.61. The minimum absolute atomic E-state index is 0.0384. The minimum Gasteiger partial charge on any atom is -0.324 e. The van der Waals surface area contributed by atoms with E-state index in [1.807, 2.05) is 12.1 Å².